The van der Waals surface area contributed by atoms with E-state index in [-0.39, 0.29) is 11.9 Å². The first-order valence-electron chi connectivity index (χ1n) is 11.5. The molecule has 1 aromatic heterocycles. The third-order valence-electron chi connectivity index (χ3n) is 5.59. The van der Waals surface area contributed by atoms with Crippen molar-refractivity contribution < 1.29 is 9.53 Å². The van der Waals surface area contributed by atoms with Crippen LogP contribution >= 0.6 is 24.0 Å². The zero-order chi connectivity index (χ0) is 24.2. The molecule has 4 rings (SSSR count). The van der Waals surface area contributed by atoms with Gasteiger partial charge in [-0.3, -0.25) is 9.69 Å². The largest absolute Gasteiger partial charge is 0.493 e. The molecule has 1 fully saturated rings. The van der Waals surface area contributed by atoms with Crippen LogP contribution in [0.4, 0.5) is 0 Å². The first kappa shape index (κ1) is 24.2. The van der Waals surface area contributed by atoms with Gasteiger partial charge in [-0.2, -0.15) is 5.10 Å². The highest BCUT2D eigenvalue weighted by atomic mass is 32.2. The second-order valence-corrected chi connectivity index (χ2v) is 10.2. The Kier molecular flexibility index (Phi) is 7.54. The first-order valence-corrected chi connectivity index (χ1v) is 12.8. The molecule has 0 spiro atoms. The summed E-state index contributed by atoms with van der Waals surface area (Å²) in [5.41, 5.74) is 4.66. The molecule has 0 N–H and O–H groups in total. The number of nitrogens with zero attached hydrogens (tertiary/aromatic N) is 3. The number of carbonyl (C=O) groups excluding carboxylic acids is 1. The topological polar surface area (TPSA) is 47.4 Å². The van der Waals surface area contributed by atoms with Crippen LogP contribution in [0.5, 0.6) is 5.75 Å². The monoisotopic (exact) mass is 491 g/mol. The summed E-state index contributed by atoms with van der Waals surface area (Å²) in [4.78, 5) is 15.3. The quantitative estimate of drug-likeness (QED) is 0.201. The molecule has 176 valence electrons. The fourth-order valence-electron chi connectivity index (χ4n) is 3.78. The van der Waals surface area contributed by atoms with E-state index in [1.165, 1.54) is 11.8 Å². The van der Waals surface area contributed by atoms with Gasteiger partial charge in [0.2, 0.25) is 0 Å². The normalized spacial score (nSPS) is 15.1. The number of thioether (sulfide) groups is 1. The maximum absolute atomic E-state index is 13.0. The van der Waals surface area contributed by atoms with Crippen LogP contribution in [-0.4, -0.2) is 37.6 Å². The van der Waals surface area contributed by atoms with Crippen LogP contribution in [0.2, 0.25) is 0 Å². The zero-order valence-electron chi connectivity index (χ0n) is 19.9. The number of para-hydroxylation sites is 1. The molecule has 0 saturated carbocycles. The fraction of sp³-hybridized carbons (Fsp3) is 0.296. The third kappa shape index (κ3) is 5.10. The van der Waals surface area contributed by atoms with Crippen LogP contribution in [0.3, 0.4) is 0 Å². The van der Waals surface area contributed by atoms with Gasteiger partial charge in [0, 0.05) is 23.4 Å². The smallest absolute Gasteiger partial charge is 0.266 e. The summed E-state index contributed by atoms with van der Waals surface area (Å²) < 4.78 is 8.38. The Morgan fingerprint density at radius 3 is 2.59 bits per heavy atom. The minimum absolute atomic E-state index is 0.0211. The summed E-state index contributed by atoms with van der Waals surface area (Å²) in [6.45, 7) is 8.85. The zero-order valence-corrected chi connectivity index (χ0v) is 21.6. The summed E-state index contributed by atoms with van der Waals surface area (Å²) >= 11 is 6.81. The van der Waals surface area contributed by atoms with Crippen molar-refractivity contribution in [3.8, 4) is 22.7 Å². The van der Waals surface area contributed by atoms with Crippen LogP contribution in [-0.2, 0) is 4.79 Å². The van der Waals surface area contributed by atoms with Gasteiger partial charge in [-0.15, -0.1) is 0 Å². The molecule has 7 heteroatoms. The van der Waals surface area contributed by atoms with Gasteiger partial charge < -0.3 is 4.74 Å². The number of hydrogen-bond donors (Lipinski definition) is 0. The maximum Gasteiger partial charge on any atom is 0.266 e. The lowest BCUT2D eigenvalue weighted by atomic mass is 10.0. The predicted octanol–water partition coefficient (Wildman–Crippen LogP) is 6.64. The molecule has 1 aliphatic heterocycles. The molecule has 0 unspecified atom stereocenters. The van der Waals surface area contributed by atoms with Gasteiger partial charge in [-0.1, -0.05) is 55.5 Å². The van der Waals surface area contributed by atoms with Crippen LogP contribution in [0.1, 0.15) is 44.7 Å². The van der Waals surface area contributed by atoms with E-state index in [0.717, 1.165) is 46.7 Å². The minimum Gasteiger partial charge on any atom is -0.493 e. The lowest BCUT2D eigenvalue weighted by Gasteiger charge is -2.18. The van der Waals surface area contributed by atoms with Crippen LogP contribution in [0.15, 0.2) is 59.6 Å². The van der Waals surface area contributed by atoms with Crippen molar-refractivity contribution in [1.82, 2.24) is 14.7 Å². The van der Waals surface area contributed by atoms with Gasteiger partial charge >= 0.3 is 0 Å². The highest BCUT2D eigenvalue weighted by molar-refractivity contribution is 8.26. The molecule has 2 heterocycles. The van der Waals surface area contributed by atoms with Gasteiger partial charge in [-0.05, 0) is 69.2 Å². The number of amides is 1. The van der Waals surface area contributed by atoms with Crippen molar-refractivity contribution in [3.05, 3.63) is 70.8 Å². The van der Waals surface area contributed by atoms with Gasteiger partial charge in [0.1, 0.15) is 15.8 Å². The Morgan fingerprint density at radius 1 is 1.18 bits per heavy atom. The van der Waals surface area contributed by atoms with E-state index in [1.807, 2.05) is 80.2 Å². The number of aromatic nitrogens is 2. The molecule has 34 heavy (non-hydrogen) atoms. The number of hydrogen-bond acceptors (Lipinski definition) is 5. The van der Waals surface area contributed by atoms with E-state index in [0.29, 0.717) is 15.8 Å². The third-order valence-corrected chi connectivity index (χ3v) is 6.92. The first-order chi connectivity index (χ1) is 16.4. The number of aryl methyl sites for hydroxylation is 1. The van der Waals surface area contributed by atoms with Gasteiger partial charge in [-0.25, -0.2) is 4.68 Å². The maximum atomic E-state index is 13.0. The molecule has 1 amide bonds. The van der Waals surface area contributed by atoms with Crippen molar-refractivity contribution in [1.29, 1.82) is 0 Å². The lowest BCUT2D eigenvalue weighted by Crippen LogP contribution is -2.34. The van der Waals surface area contributed by atoms with Crippen molar-refractivity contribution >= 4 is 40.3 Å². The van der Waals surface area contributed by atoms with E-state index >= 15 is 0 Å². The molecule has 0 radical (unpaired) electrons. The van der Waals surface area contributed by atoms with E-state index in [9.17, 15) is 4.79 Å². The van der Waals surface area contributed by atoms with Gasteiger partial charge in [0.25, 0.3) is 5.91 Å². The van der Waals surface area contributed by atoms with Crippen molar-refractivity contribution in [2.75, 3.05) is 6.61 Å². The number of ether oxygens (including phenoxy) is 1. The summed E-state index contributed by atoms with van der Waals surface area (Å²) in [6, 6.07) is 16.1. The molecular formula is C27H29N3O2S2. The predicted molar refractivity (Wildman–Crippen MR) is 144 cm³/mol. The van der Waals surface area contributed by atoms with E-state index in [1.54, 1.807) is 4.90 Å². The number of unbranched alkanes of at least 4 members (excludes halogenated alkanes) is 1. The molecular weight excluding hydrogens is 462 g/mol. The Bertz CT molecular complexity index is 1230. The molecule has 0 aliphatic carbocycles. The second-order valence-electron chi connectivity index (χ2n) is 8.54. The van der Waals surface area contributed by atoms with E-state index in [2.05, 4.69) is 13.0 Å². The summed E-state index contributed by atoms with van der Waals surface area (Å²) in [5.74, 6) is 0.832. The Labute approximate surface area is 210 Å². The standard InChI is InChI=1S/C27H29N3O2S2/c1-5-6-14-32-23-13-12-20(15-19(23)4)25-21(17-29(28-25)22-10-8-7-9-11-22)16-24-26(31)30(18(2)3)27(33)34-24/h7-13,15-18H,5-6,14H2,1-4H3/b24-16+. The lowest BCUT2D eigenvalue weighted by molar-refractivity contribution is -0.123. The number of thiocarbonyl (C=S) groups is 1. The fourth-order valence-corrected chi connectivity index (χ4v) is 5.30. The average molecular weight is 492 g/mol. The number of carbonyl (C=O) groups is 1. The highest BCUT2D eigenvalue weighted by Crippen LogP contribution is 2.36. The second kappa shape index (κ2) is 10.6. The van der Waals surface area contributed by atoms with Crippen LogP contribution in [0, 0.1) is 6.92 Å². The average Bonchev–Trinajstić information content (AvgIpc) is 3.36. The minimum atomic E-state index is -0.0562. The van der Waals surface area contributed by atoms with Crippen molar-refractivity contribution in [2.24, 2.45) is 0 Å². The molecule has 2 aromatic carbocycles. The molecule has 0 bridgehead atoms. The Balaban J connectivity index is 1.75. The summed E-state index contributed by atoms with van der Waals surface area (Å²) in [6.07, 6.45) is 6.00. The van der Waals surface area contributed by atoms with Gasteiger partial charge in [0.15, 0.2) is 0 Å². The van der Waals surface area contributed by atoms with E-state index in [4.69, 9.17) is 22.1 Å². The molecule has 3 aromatic rings. The number of rotatable bonds is 8. The molecule has 5 nitrogen and oxygen atoms in total. The van der Waals surface area contributed by atoms with Crippen LogP contribution in [0.25, 0.3) is 23.0 Å². The van der Waals surface area contributed by atoms with E-state index < -0.39 is 0 Å². The van der Waals surface area contributed by atoms with Crippen LogP contribution < -0.4 is 4.74 Å². The Hall–Kier alpha value is -2.90. The molecule has 1 saturated heterocycles. The van der Waals surface area contributed by atoms with Crippen molar-refractivity contribution in [2.45, 2.75) is 46.6 Å². The SMILES string of the molecule is CCCCOc1ccc(-c2nn(-c3ccccc3)cc2/C=C2/SC(=S)N(C(C)C)C2=O)cc1C. The molecule has 1 aliphatic rings. The summed E-state index contributed by atoms with van der Waals surface area (Å²) in [7, 11) is 0. The molecule has 0 atom stereocenters. The highest BCUT2D eigenvalue weighted by Gasteiger charge is 2.34. The Morgan fingerprint density at radius 2 is 1.94 bits per heavy atom. The summed E-state index contributed by atoms with van der Waals surface area (Å²) in [5, 5.41) is 4.90. The van der Waals surface area contributed by atoms with Crippen molar-refractivity contribution in [3.63, 3.8) is 0 Å². The van der Waals surface area contributed by atoms with Gasteiger partial charge in [0.05, 0.1) is 17.2 Å². The number of benzene rings is 2.